The summed E-state index contributed by atoms with van der Waals surface area (Å²) in [6.07, 6.45) is 1.65. The number of carbonyl (C=O) groups is 2. The van der Waals surface area contributed by atoms with Crippen LogP contribution in [-0.4, -0.2) is 60.9 Å². The van der Waals surface area contributed by atoms with E-state index in [2.05, 4.69) is 5.32 Å². The predicted octanol–water partition coefficient (Wildman–Crippen LogP) is 2.12. The summed E-state index contributed by atoms with van der Waals surface area (Å²) >= 11 is 7.48. The first kappa shape index (κ1) is 22.7. The lowest BCUT2D eigenvalue weighted by atomic mass is 9.95. The van der Waals surface area contributed by atoms with Crippen LogP contribution in [0.3, 0.4) is 0 Å². The normalized spacial score (nSPS) is 20.4. The molecule has 2 amide bonds. The molecular formula is C20H24ClN3O4S2. The van der Waals surface area contributed by atoms with Gasteiger partial charge in [0.2, 0.25) is 21.8 Å². The van der Waals surface area contributed by atoms with Gasteiger partial charge in [0.05, 0.1) is 12.8 Å². The van der Waals surface area contributed by atoms with Crippen LogP contribution in [0, 0.1) is 0 Å². The molecule has 1 saturated heterocycles. The molecule has 1 aliphatic heterocycles. The molecule has 162 valence electrons. The van der Waals surface area contributed by atoms with Crippen molar-refractivity contribution < 1.29 is 18.0 Å². The van der Waals surface area contributed by atoms with Crippen molar-refractivity contribution in [2.75, 3.05) is 25.9 Å². The molecule has 0 bridgehead atoms. The topological polar surface area (TPSA) is 86.8 Å². The number of nitrogens with zero attached hydrogens (tertiary/aromatic N) is 2. The third kappa shape index (κ3) is 5.21. The number of sulfonamides is 1. The molecule has 1 aromatic heterocycles. The van der Waals surface area contributed by atoms with Crippen LogP contribution in [0.4, 0.5) is 0 Å². The second-order valence-electron chi connectivity index (χ2n) is 7.49. The number of amides is 2. The minimum atomic E-state index is -3.62. The molecular weight excluding hydrogens is 446 g/mol. The van der Waals surface area contributed by atoms with Crippen LogP contribution < -0.4 is 5.32 Å². The highest BCUT2D eigenvalue weighted by Gasteiger charge is 2.49. The minimum Gasteiger partial charge on any atom is -0.350 e. The summed E-state index contributed by atoms with van der Waals surface area (Å²) in [6.45, 7) is 1.85. The maximum Gasteiger partial charge on any atom is 0.247 e. The van der Waals surface area contributed by atoms with E-state index in [1.54, 1.807) is 42.5 Å². The fourth-order valence-electron chi connectivity index (χ4n) is 3.45. The first-order valence-corrected chi connectivity index (χ1v) is 12.5. The highest BCUT2D eigenvalue weighted by molar-refractivity contribution is 7.88. The van der Waals surface area contributed by atoms with E-state index < -0.39 is 21.5 Å². The number of hydrogen-bond donors (Lipinski definition) is 1. The lowest BCUT2D eigenvalue weighted by molar-refractivity contribution is -0.152. The van der Waals surface area contributed by atoms with Crippen LogP contribution in [0.1, 0.15) is 17.4 Å². The van der Waals surface area contributed by atoms with E-state index in [1.807, 2.05) is 17.5 Å². The number of benzene rings is 1. The van der Waals surface area contributed by atoms with E-state index in [4.69, 9.17) is 11.6 Å². The molecule has 7 nitrogen and oxygen atoms in total. The molecule has 0 saturated carbocycles. The molecule has 2 heterocycles. The number of hydrogen-bond acceptors (Lipinski definition) is 5. The number of carbonyl (C=O) groups excluding carboxylic acids is 2. The van der Waals surface area contributed by atoms with Crippen LogP contribution in [0.2, 0.25) is 5.02 Å². The SMILES string of the molecule is CC1(C(=O)NCc2ccc(Cl)cc2)CN(S(C)(=O)=O)CC(=O)N1CCc1cccs1. The zero-order valence-electron chi connectivity index (χ0n) is 16.8. The van der Waals surface area contributed by atoms with Crippen LogP contribution >= 0.6 is 22.9 Å². The van der Waals surface area contributed by atoms with E-state index in [9.17, 15) is 18.0 Å². The third-order valence-corrected chi connectivity index (χ3v) is 7.56. The smallest absolute Gasteiger partial charge is 0.247 e. The van der Waals surface area contributed by atoms with Gasteiger partial charge in [-0.1, -0.05) is 29.8 Å². The van der Waals surface area contributed by atoms with Gasteiger partial charge in [-0.25, -0.2) is 8.42 Å². The molecule has 1 atom stereocenters. The Morgan fingerprint density at radius 1 is 1.27 bits per heavy atom. The van der Waals surface area contributed by atoms with Gasteiger partial charge in [-0.2, -0.15) is 4.31 Å². The second kappa shape index (κ2) is 9.05. The summed E-state index contributed by atoms with van der Waals surface area (Å²) in [5.74, 6) is -0.780. The van der Waals surface area contributed by atoms with Gasteiger partial charge in [-0.15, -0.1) is 11.3 Å². The van der Waals surface area contributed by atoms with Crippen molar-refractivity contribution in [3.8, 4) is 0 Å². The number of thiophene rings is 1. The molecule has 1 N–H and O–H groups in total. The largest absolute Gasteiger partial charge is 0.350 e. The van der Waals surface area contributed by atoms with Crippen molar-refractivity contribution in [2.24, 2.45) is 0 Å². The Hall–Kier alpha value is -1.94. The van der Waals surface area contributed by atoms with E-state index >= 15 is 0 Å². The number of halogens is 1. The Morgan fingerprint density at radius 3 is 2.57 bits per heavy atom. The van der Waals surface area contributed by atoms with Crippen LogP contribution in [0.25, 0.3) is 0 Å². The Morgan fingerprint density at radius 2 is 1.97 bits per heavy atom. The van der Waals surface area contributed by atoms with Crippen molar-refractivity contribution >= 4 is 44.8 Å². The zero-order chi connectivity index (χ0) is 21.9. The van der Waals surface area contributed by atoms with Gasteiger partial charge in [0.15, 0.2) is 0 Å². The Balaban J connectivity index is 1.80. The lowest BCUT2D eigenvalue weighted by Gasteiger charge is -2.46. The average Bonchev–Trinajstić information content (AvgIpc) is 3.19. The molecule has 3 rings (SSSR count). The van der Waals surface area contributed by atoms with Crippen molar-refractivity contribution in [1.82, 2.24) is 14.5 Å². The number of piperazine rings is 1. The van der Waals surface area contributed by atoms with Gasteiger partial charge in [-0.3, -0.25) is 9.59 Å². The highest BCUT2D eigenvalue weighted by atomic mass is 35.5. The molecule has 0 aliphatic carbocycles. The van der Waals surface area contributed by atoms with Crippen molar-refractivity contribution in [3.05, 3.63) is 57.2 Å². The van der Waals surface area contributed by atoms with Crippen LogP contribution in [0.5, 0.6) is 0 Å². The summed E-state index contributed by atoms with van der Waals surface area (Å²) in [6, 6.07) is 11.0. The fraction of sp³-hybridized carbons (Fsp3) is 0.400. The Bertz CT molecular complexity index is 1010. The minimum absolute atomic E-state index is 0.0888. The molecule has 2 aromatic rings. The second-order valence-corrected chi connectivity index (χ2v) is 10.9. The maximum atomic E-state index is 13.2. The summed E-state index contributed by atoms with van der Waals surface area (Å²) < 4.78 is 25.3. The lowest BCUT2D eigenvalue weighted by Crippen LogP contribution is -2.69. The van der Waals surface area contributed by atoms with Gasteiger partial charge in [0, 0.05) is 29.5 Å². The van der Waals surface area contributed by atoms with Gasteiger partial charge < -0.3 is 10.2 Å². The first-order valence-electron chi connectivity index (χ1n) is 9.40. The van der Waals surface area contributed by atoms with Gasteiger partial charge in [-0.05, 0) is 42.5 Å². The van der Waals surface area contributed by atoms with E-state index in [-0.39, 0.29) is 25.5 Å². The molecule has 30 heavy (non-hydrogen) atoms. The summed E-state index contributed by atoms with van der Waals surface area (Å²) in [5, 5.41) is 5.40. The maximum absolute atomic E-state index is 13.2. The molecule has 0 radical (unpaired) electrons. The summed E-state index contributed by atoms with van der Waals surface area (Å²) in [7, 11) is -3.62. The molecule has 1 unspecified atom stereocenters. The van der Waals surface area contributed by atoms with E-state index in [1.165, 1.54) is 4.90 Å². The Labute approximate surface area is 185 Å². The first-order chi connectivity index (χ1) is 14.1. The molecule has 0 spiro atoms. The molecule has 1 fully saturated rings. The Kier molecular flexibility index (Phi) is 6.86. The average molecular weight is 470 g/mol. The number of nitrogens with one attached hydrogen (secondary N) is 1. The molecule has 1 aliphatic rings. The van der Waals surface area contributed by atoms with E-state index in [0.29, 0.717) is 18.0 Å². The third-order valence-electron chi connectivity index (χ3n) is 5.18. The van der Waals surface area contributed by atoms with Gasteiger partial charge in [0.25, 0.3) is 0 Å². The van der Waals surface area contributed by atoms with Gasteiger partial charge in [0.1, 0.15) is 5.54 Å². The van der Waals surface area contributed by atoms with Crippen molar-refractivity contribution in [2.45, 2.75) is 25.4 Å². The standard InChI is InChI=1S/C20H24ClN3O4S2/c1-20(19(26)22-12-15-5-7-16(21)8-6-15)14-23(30(2,27)28)13-18(25)24(20)10-9-17-4-3-11-29-17/h3-8,11H,9-10,12-14H2,1-2H3,(H,22,26). The van der Waals surface area contributed by atoms with E-state index in [0.717, 1.165) is 21.0 Å². The van der Waals surface area contributed by atoms with Gasteiger partial charge >= 0.3 is 0 Å². The predicted molar refractivity (Wildman–Crippen MR) is 118 cm³/mol. The van der Waals surface area contributed by atoms with Crippen molar-refractivity contribution in [3.63, 3.8) is 0 Å². The van der Waals surface area contributed by atoms with Crippen molar-refractivity contribution in [1.29, 1.82) is 0 Å². The fourth-order valence-corrected chi connectivity index (χ4v) is 5.10. The summed E-state index contributed by atoms with van der Waals surface area (Å²) in [5.41, 5.74) is -0.467. The quantitative estimate of drug-likeness (QED) is 0.673. The van der Waals surface area contributed by atoms with Crippen LogP contribution in [0.15, 0.2) is 41.8 Å². The number of rotatable bonds is 7. The zero-order valence-corrected chi connectivity index (χ0v) is 19.2. The monoisotopic (exact) mass is 469 g/mol. The highest BCUT2D eigenvalue weighted by Crippen LogP contribution is 2.26. The van der Waals surface area contributed by atoms with Crippen LogP contribution in [-0.2, 0) is 32.6 Å². The summed E-state index contributed by atoms with van der Waals surface area (Å²) in [4.78, 5) is 28.7. The molecule has 1 aromatic carbocycles. The molecule has 10 heteroatoms.